The van der Waals surface area contributed by atoms with Gasteiger partial charge in [-0.15, -0.1) is 0 Å². The Morgan fingerprint density at radius 1 is 1.80 bits per heavy atom. The number of alkyl halides is 1. The standard InChI is InChI=1S/C6H9IO3/c1-4-3-9-6(8)10-5(4)2-7/h4-5H,2-3H2,1H3. The number of carbonyl (C=O) groups is 1. The number of hydrogen-bond donors (Lipinski definition) is 0. The molecule has 1 heterocycles. The molecular weight excluding hydrogens is 247 g/mol. The molecule has 1 aliphatic heterocycles. The van der Waals surface area contributed by atoms with Crippen molar-refractivity contribution in [3.8, 4) is 0 Å². The van der Waals surface area contributed by atoms with Crippen LogP contribution in [0.3, 0.4) is 0 Å². The molecule has 1 fully saturated rings. The minimum Gasteiger partial charge on any atom is -0.434 e. The smallest absolute Gasteiger partial charge is 0.434 e. The second-order valence-corrected chi connectivity index (χ2v) is 3.23. The number of ether oxygens (including phenoxy) is 2. The highest BCUT2D eigenvalue weighted by Crippen LogP contribution is 2.16. The minimum absolute atomic E-state index is 0.0434. The molecule has 0 radical (unpaired) electrons. The van der Waals surface area contributed by atoms with Crippen molar-refractivity contribution in [3.63, 3.8) is 0 Å². The number of rotatable bonds is 1. The lowest BCUT2D eigenvalue weighted by atomic mass is 10.1. The zero-order chi connectivity index (χ0) is 7.56. The lowest BCUT2D eigenvalue weighted by Crippen LogP contribution is -2.36. The summed E-state index contributed by atoms with van der Waals surface area (Å²) in [5.41, 5.74) is 0. The van der Waals surface area contributed by atoms with Gasteiger partial charge in [0.2, 0.25) is 0 Å². The van der Waals surface area contributed by atoms with Crippen molar-refractivity contribution >= 4 is 28.7 Å². The lowest BCUT2D eigenvalue weighted by Gasteiger charge is -2.26. The van der Waals surface area contributed by atoms with Crippen LogP contribution in [0.1, 0.15) is 6.92 Å². The molecular formula is C6H9IO3. The average Bonchev–Trinajstić information content (AvgIpc) is 1.94. The van der Waals surface area contributed by atoms with Gasteiger partial charge in [-0.2, -0.15) is 0 Å². The predicted octanol–water partition coefficient (Wildman–Crippen LogP) is 1.59. The third-order valence-corrected chi connectivity index (χ3v) is 2.37. The Balaban J connectivity index is 2.45. The van der Waals surface area contributed by atoms with Crippen molar-refractivity contribution < 1.29 is 14.3 Å². The summed E-state index contributed by atoms with van der Waals surface area (Å²) in [6, 6.07) is 0. The molecule has 0 saturated carbocycles. The van der Waals surface area contributed by atoms with E-state index >= 15 is 0 Å². The van der Waals surface area contributed by atoms with Crippen molar-refractivity contribution in [1.82, 2.24) is 0 Å². The normalized spacial score (nSPS) is 32.8. The van der Waals surface area contributed by atoms with Gasteiger partial charge >= 0.3 is 6.16 Å². The van der Waals surface area contributed by atoms with Crippen LogP contribution in [0.25, 0.3) is 0 Å². The van der Waals surface area contributed by atoms with Crippen molar-refractivity contribution in [2.24, 2.45) is 5.92 Å². The molecule has 0 aromatic heterocycles. The van der Waals surface area contributed by atoms with Gasteiger partial charge in [-0.05, 0) is 0 Å². The maximum Gasteiger partial charge on any atom is 0.508 e. The largest absolute Gasteiger partial charge is 0.508 e. The number of cyclic esters (lactones) is 2. The molecule has 0 N–H and O–H groups in total. The van der Waals surface area contributed by atoms with Gasteiger partial charge in [-0.3, -0.25) is 0 Å². The van der Waals surface area contributed by atoms with Crippen LogP contribution < -0.4 is 0 Å². The van der Waals surface area contributed by atoms with E-state index in [1.165, 1.54) is 0 Å². The first-order valence-corrected chi connectivity index (χ1v) is 4.66. The monoisotopic (exact) mass is 256 g/mol. The molecule has 10 heavy (non-hydrogen) atoms. The summed E-state index contributed by atoms with van der Waals surface area (Å²) in [5, 5.41) is 0. The Bertz CT molecular complexity index is 137. The van der Waals surface area contributed by atoms with Gasteiger partial charge in [0.25, 0.3) is 0 Å². The third kappa shape index (κ3) is 1.74. The molecule has 0 amide bonds. The Morgan fingerprint density at radius 2 is 2.50 bits per heavy atom. The Morgan fingerprint density at radius 3 is 3.00 bits per heavy atom. The van der Waals surface area contributed by atoms with Crippen molar-refractivity contribution in [2.45, 2.75) is 13.0 Å². The minimum atomic E-state index is -0.528. The molecule has 0 aromatic rings. The van der Waals surface area contributed by atoms with E-state index in [-0.39, 0.29) is 6.10 Å². The molecule has 1 saturated heterocycles. The zero-order valence-electron chi connectivity index (χ0n) is 5.67. The maximum atomic E-state index is 10.5. The summed E-state index contributed by atoms with van der Waals surface area (Å²) in [6.45, 7) is 2.50. The van der Waals surface area contributed by atoms with Gasteiger partial charge in [0.15, 0.2) is 0 Å². The topological polar surface area (TPSA) is 35.5 Å². The molecule has 1 aliphatic rings. The highest BCUT2D eigenvalue weighted by molar-refractivity contribution is 14.1. The van der Waals surface area contributed by atoms with Crippen molar-refractivity contribution in [2.75, 3.05) is 11.0 Å². The van der Waals surface area contributed by atoms with Crippen LogP contribution in [0.2, 0.25) is 0 Å². The van der Waals surface area contributed by atoms with Crippen LogP contribution in [0, 0.1) is 5.92 Å². The Labute approximate surface area is 73.2 Å². The summed E-state index contributed by atoms with van der Waals surface area (Å²) in [6.07, 6.45) is -0.485. The van der Waals surface area contributed by atoms with E-state index in [1.807, 2.05) is 6.92 Å². The second-order valence-electron chi connectivity index (χ2n) is 2.35. The van der Waals surface area contributed by atoms with E-state index in [1.54, 1.807) is 0 Å². The average molecular weight is 256 g/mol. The zero-order valence-corrected chi connectivity index (χ0v) is 7.83. The fourth-order valence-corrected chi connectivity index (χ4v) is 1.81. The maximum absolute atomic E-state index is 10.5. The number of carbonyl (C=O) groups excluding carboxylic acids is 1. The number of halogens is 1. The van der Waals surface area contributed by atoms with Crippen molar-refractivity contribution in [1.29, 1.82) is 0 Å². The van der Waals surface area contributed by atoms with Gasteiger partial charge in [-0.1, -0.05) is 29.5 Å². The van der Waals surface area contributed by atoms with Crippen LogP contribution in [-0.2, 0) is 9.47 Å². The molecule has 2 unspecified atom stereocenters. The summed E-state index contributed by atoms with van der Waals surface area (Å²) >= 11 is 2.20. The lowest BCUT2D eigenvalue weighted by molar-refractivity contribution is -0.0431. The van der Waals surface area contributed by atoms with Crippen LogP contribution in [0.5, 0.6) is 0 Å². The first kappa shape index (κ1) is 8.10. The van der Waals surface area contributed by atoms with Crippen LogP contribution in [0.15, 0.2) is 0 Å². The summed E-state index contributed by atoms with van der Waals surface area (Å²) in [5.74, 6) is 0.328. The van der Waals surface area contributed by atoms with Gasteiger partial charge in [0.05, 0.1) is 0 Å². The van der Waals surface area contributed by atoms with E-state index in [0.29, 0.717) is 12.5 Å². The Kier molecular flexibility index (Phi) is 2.76. The van der Waals surface area contributed by atoms with Gasteiger partial charge in [-0.25, -0.2) is 4.79 Å². The third-order valence-electron chi connectivity index (χ3n) is 1.50. The summed E-state index contributed by atoms with van der Waals surface area (Å²) in [4.78, 5) is 10.5. The van der Waals surface area contributed by atoms with E-state index < -0.39 is 6.16 Å². The summed E-state index contributed by atoms with van der Waals surface area (Å²) < 4.78 is 10.4. The quantitative estimate of drug-likeness (QED) is 0.406. The van der Waals surface area contributed by atoms with Crippen LogP contribution in [-0.4, -0.2) is 23.3 Å². The molecule has 1 rings (SSSR count). The Hall–Kier alpha value is 0. The molecule has 0 aliphatic carbocycles. The van der Waals surface area contributed by atoms with E-state index in [0.717, 1.165) is 4.43 Å². The first-order chi connectivity index (χ1) is 4.74. The molecule has 0 aromatic carbocycles. The first-order valence-electron chi connectivity index (χ1n) is 3.13. The van der Waals surface area contributed by atoms with Crippen LogP contribution in [0.4, 0.5) is 4.79 Å². The summed E-state index contributed by atoms with van der Waals surface area (Å²) in [7, 11) is 0. The molecule has 0 spiro atoms. The highest BCUT2D eigenvalue weighted by Gasteiger charge is 2.27. The van der Waals surface area contributed by atoms with E-state index in [4.69, 9.17) is 4.74 Å². The van der Waals surface area contributed by atoms with Gasteiger partial charge < -0.3 is 9.47 Å². The van der Waals surface area contributed by atoms with Gasteiger partial charge in [0, 0.05) is 10.3 Å². The van der Waals surface area contributed by atoms with Crippen LogP contribution >= 0.6 is 22.6 Å². The number of hydrogen-bond acceptors (Lipinski definition) is 3. The fraction of sp³-hybridized carbons (Fsp3) is 0.833. The molecule has 0 bridgehead atoms. The van der Waals surface area contributed by atoms with Gasteiger partial charge in [0.1, 0.15) is 12.7 Å². The SMILES string of the molecule is CC1COC(=O)OC1CI. The second kappa shape index (κ2) is 3.41. The predicted molar refractivity (Wildman–Crippen MR) is 44.3 cm³/mol. The molecule has 2 atom stereocenters. The van der Waals surface area contributed by atoms with E-state index in [2.05, 4.69) is 27.3 Å². The molecule has 58 valence electrons. The fourth-order valence-electron chi connectivity index (χ4n) is 0.764. The van der Waals surface area contributed by atoms with E-state index in [9.17, 15) is 4.79 Å². The molecule has 3 nitrogen and oxygen atoms in total. The highest BCUT2D eigenvalue weighted by atomic mass is 127. The molecule has 4 heteroatoms. The van der Waals surface area contributed by atoms with Crippen molar-refractivity contribution in [3.05, 3.63) is 0 Å².